The van der Waals surface area contributed by atoms with Crippen LogP contribution in [0.25, 0.3) is 0 Å². The summed E-state index contributed by atoms with van der Waals surface area (Å²) in [6.07, 6.45) is -0.125. The first kappa shape index (κ1) is 25.3. The molecule has 0 spiro atoms. The zero-order chi connectivity index (χ0) is 24.2. The summed E-state index contributed by atoms with van der Waals surface area (Å²) in [5.41, 5.74) is 1.89. The van der Waals surface area contributed by atoms with E-state index in [0.29, 0.717) is 13.0 Å². The Kier molecular flexibility index (Phi) is 9.76. The van der Waals surface area contributed by atoms with E-state index < -0.39 is 24.0 Å². The van der Waals surface area contributed by atoms with Gasteiger partial charge in [0.05, 0.1) is 0 Å². The van der Waals surface area contributed by atoms with Crippen molar-refractivity contribution < 1.29 is 34.1 Å². The summed E-state index contributed by atoms with van der Waals surface area (Å²) in [5.74, 6) is -0.746. The molecule has 1 atom stereocenters. The van der Waals surface area contributed by atoms with Gasteiger partial charge in [-0.25, -0.2) is 9.59 Å². The number of alkyl carbamates (subject to hydrolysis) is 1. The van der Waals surface area contributed by atoms with Crippen molar-refractivity contribution in [2.45, 2.75) is 25.8 Å². The molecule has 9 heteroatoms. The van der Waals surface area contributed by atoms with Gasteiger partial charge < -0.3 is 30.3 Å². The average Bonchev–Trinajstić information content (AvgIpc) is 2.78. The van der Waals surface area contributed by atoms with Crippen molar-refractivity contribution in [1.82, 2.24) is 10.6 Å². The summed E-state index contributed by atoms with van der Waals surface area (Å²) >= 11 is 0. The molecule has 2 rings (SSSR count). The lowest BCUT2D eigenvalue weighted by atomic mass is 10.0. The van der Waals surface area contributed by atoms with Crippen molar-refractivity contribution in [3.8, 4) is 11.5 Å². The van der Waals surface area contributed by atoms with E-state index in [1.165, 1.54) is 19.1 Å². The predicted octanol–water partition coefficient (Wildman–Crippen LogP) is 2.21. The highest BCUT2D eigenvalue weighted by atomic mass is 16.6. The van der Waals surface area contributed by atoms with Crippen LogP contribution in [0.15, 0.2) is 60.7 Å². The Morgan fingerprint density at radius 2 is 1.45 bits per heavy atom. The van der Waals surface area contributed by atoms with Crippen LogP contribution in [-0.4, -0.2) is 54.0 Å². The van der Waals surface area contributed by atoms with Gasteiger partial charge in [0, 0.05) is 18.5 Å². The van der Waals surface area contributed by atoms with Crippen molar-refractivity contribution >= 4 is 18.0 Å². The minimum absolute atomic E-state index is 0.0883. The van der Waals surface area contributed by atoms with Gasteiger partial charge in [0.15, 0.2) is 0 Å². The second kappa shape index (κ2) is 12.7. The molecule has 0 fully saturated rings. The highest BCUT2D eigenvalue weighted by molar-refractivity contribution is 5.87. The maximum absolute atomic E-state index is 12.7. The van der Waals surface area contributed by atoms with Gasteiger partial charge in [-0.2, -0.15) is 0 Å². The molecule has 2 aromatic carbocycles. The summed E-state index contributed by atoms with van der Waals surface area (Å²) in [5, 5.41) is 24.1. The average molecular weight is 456 g/mol. The molecule has 0 aliphatic carbocycles. The number of ether oxygens (including phenoxy) is 2. The van der Waals surface area contributed by atoms with Gasteiger partial charge in [0.1, 0.15) is 30.8 Å². The first-order chi connectivity index (χ1) is 15.7. The number of carbonyl (C=O) groups is 3. The molecular weight excluding hydrogens is 428 g/mol. The number of aromatic hydroxyl groups is 2. The molecule has 2 amide bonds. The lowest BCUT2D eigenvalue weighted by Gasteiger charge is -2.19. The predicted molar refractivity (Wildman–Crippen MR) is 121 cm³/mol. The Labute approximate surface area is 192 Å². The quantitative estimate of drug-likeness (QED) is 0.231. The van der Waals surface area contributed by atoms with Gasteiger partial charge >= 0.3 is 12.1 Å². The molecule has 2 aromatic rings. The van der Waals surface area contributed by atoms with E-state index in [2.05, 4.69) is 17.2 Å². The summed E-state index contributed by atoms with van der Waals surface area (Å²) in [6, 6.07) is 12.0. The van der Waals surface area contributed by atoms with Crippen LogP contribution in [0.1, 0.15) is 18.1 Å². The number of phenols is 2. The Bertz CT molecular complexity index is 956. The van der Waals surface area contributed by atoms with E-state index in [9.17, 15) is 24.6 Å². The highest BCUT2D eigenvalue weighted by Crippen LogP contribution is 2.12. The Morgan fingerprint density at radius 3 is 2.03 bits per heavy atom. The lowest BCUT2D eigenvalue weighted by Crippen LogP contribution is -2.48. The van der Waals surface area contributed by atoms with E-state index in [1.54, 1.807) is 36.4 Å². The summed E-state index contributed by atoms with van der Waals surface area (Å²) in [6.45, 7) is 4.96. The smallest absolute Gasteiger partial charge is 0.407 e. The SMILES string of the molecule is C=C(C)C(=O)OCCOC(=O)N[C@@H](Cc1ccc(O)cc1)C(=O)NCCc1ccc(O)cc1. The van der Waals surface area contributed by atoms with Crippen LogP contribution in [0.5, 0.6) is 11.5 Å². The van der Waals surface area contributed by atoms with Crippen molar-refractivity contribution in [3.63, 3.8) is 0 Å². The Balaban J connectivity index is 1.90. The number of nitrogens with one attached hydrogen (secondary N) is 2. The molecule has 0 saturated heterocycles. The third-order valence-corrected chi connectivity index (χ3v) is 4.53. The number of phenolic OH excluding ortho intramolecular Hbond substituents is 2. The number of rotatable bonds is 11. The number of hydrogen-bond donors (Lipinski definition) is 4. The molecule has 0 unspecified atom stereocenters. The number of esters is 1. The second-order valence-corrected chi connectivity index (χ2v) is 7.33. The molecule has 33 heavy (non-hydrogen) atoms. The van der Waals surface area contributed by atoms with Crippen LogP contribution in [-0.2, 0) is 31.9 Å². The fourth-order valence-electron chi connectivity index (χ4n) is 2.77. The number of benzene rings is 2. The first-order valence-electron chi connectivity index (χ1n) is 10.3. The minimum atomic E-state index is -0.931. The van der Waals surface area contributed by atoms with Gasteiger partial charge in [-0.3, -0.25) is 4.79 Å². The summed E-state index contributed by atoms with van der Waals surface area (Å²) in [4.78, 5) is 36.3. The molecule has 0 aliphatic heterocycles. The Morgan fingerprint density at radius 1 is 0.909 bits per heavy atom. The molecule has 0 radical (unpaired) electrons. The minimum Gasteiger partial charge on any atom is -0.508 e. The molecule has 0 saturated carbocycles. The highest BCUT2D eigenvalue weighted by Gasteiger charge is 2.22. The van der Waals surface area contributed by atoms with E-state index in [4.69, 9.17) is 9.47 Å². The van der Waals surface area contributed by atoms with Crippen molar-refractivity contribution in [2.75, 3.05) is 19.8 Å². The van der Waals surface area contributed by atoms with Gasteiger partial charge in [-0.1, -0.05) is 30.8 Å². The molecule has 4 N–H and O–H groups in total. The maximum atomic E-state index is 12.7. The van der Waals surface area contributed by atoms with Crippen molar-refractivity contribution in [2.24, 2.45) is 0 Å². The molecular formula is C24H28N2O7. The third kappa shape index (κ3) is 9.34. The van der Waals surface area contributed by atoms with Crippen LogP contribution >= 0.6 is 0 Å². The number of amides is 2. The first-order valence-corrected chi connectivity index (χ1v) is 10.3. The van der Waals surface area contributed by atoms with E-state index in [-0.39, 0.29) is 36.7 Å². The zero-order valence-corrected chi connectivity index (χ0v) is 18.4. The van der Waals surface area contributed by atoms with Gasteiger partial charge in [-0.05, 0) is 48.7 Å². The molecule has 0 heterocycles. The van der Waals surface area contributed by atoms with Crippen LogP contribution in [0.3, 0.4) is 0 Å². The summed E-state index contributed by atoms with van der Waals surface area (Å²) in [7, 11) is 0. The number of carbonyl (C=O) groups excluding carboxylic acids is 3. The Hall–Kier alpha value is -4.01. The van der Waals surface area contributed by atoms with Crippen LogP contribution < -0.4 is 10.6 Å². The van der Waals surface area contributed by atoms with Crippen LogP contribution in [0.2, 0.25) is 0 Å². The van der Waals surface area contributed by atoms with Gasteiger partial charge in [-0.15, -0.1) is 0 Å². The fourth-order valence-corrected chi connectivity index (χ4v) is 2.77. The molecule has 0 aliphatic rings. The fraction of sp³-hybridized carbons (Fsp3) is 0.292. The number of hydrogen-bond acceptors (Lipinski definition) is 7. The molecule has 0 aromatic heterocycles. The van der Waals surface area contributed by atoms with Crippen molar-refractivity contribution in [1.29, 1.82) is 0 Å². The van der Waals surface area contributed by atoms with E-state index >= 15 is 0 Å². The van der Waals surface area contributed by atoms with Gasteiger partial charge in [0.25, 0.3) is 0 Å². The molecule has 176 valence electrons. The largest absolute Gasteiger partial charge is 0.508 e. The van der Waals surface area contributed by atoms with Gasteiger partial charge in [0.2, 0.25) is 5.91 Å². The molecule has 0 bridgehead atoms. The monoisotopic (exact) mass is 456 g/mol. The topological polar surface area (TPSA) is 134 Å². The van der Waals surface area contributed by atoms with E-state index in [0.717, 1.165) is 11.1 Å². The standard InChI is InChI=1S/C24H28N2O7/c1-16(2)23(30)32-13-14-33-24(31)26-21(15-18-5-9-20(28)10-6-18)22(29)25-12-11-17-3-7-19(27)8-4-17/h3-10,21,27-28H,1,11-15H2,2H3,(H,25,29)(H,26,31)/t21-/m0/s1. The van der Waals surface area contributed by atoms with Crippen LogP contribution in [0, 0.1) is 0 Å². The maximum Gasteiger partial charge on any atom is 0.407 e. The normalized spacial score (nSPS) is 11.2. The van der Waals surface area contributed by atoms with E-state index in [1.807, 2.05) is 0 Å². The molecule has 9 nitrogen and oxygen atoms in total. The lowest BCUT2D eigenvalue weighted by molar-refractivity contribution is -0.139. The zero-order valence-electron chi connectivity index (χ0n) is 18.4. The third-order valence-electron chi connectivity index (χ3n) is 4.53. The van der Waals surface area contributed by atoms with Crippen molar-refractivity contribution in [3.05, 3.63) is 71.8 Å². The van der Waals surface area contributed by atoms with Crippen LogP contribution in [0.4, 0.5) is 4.79 Å². The summed E-state index contributed by atoms with van der Waals surface area (Å²) < 4.78 is 9.85. The second-order valence-electron chi connectivity index (χ2n) is 7.33.